The molecule has 1 atom stereocenters. The van der Waals surface area contributed by atoms with E-state index < -0.39 is 18.1 Å². The lowest BCUT2D eigenvalue weighted by Gasteiger charge is -2.16. The summed E-state index contributed by atoms with van der Waals surface area (Å²) in [6.45, 7) is 10.3. The van der Waals surface area contributed by atoms with Crippen LogP contribution in [-0.4, -0.2) is 31.3 Å². The van der Waals surface area contributed by atoms with Crippen LogP contribution in [0.2, 0.25) is 0 Å². The third kappa shape index (κ3) is 10.9. The molecule has 21 heavy (non-hydrogen) atoms. The van der Waals surface area contributed by atoms with Crippen molar-refractivity contribution in [1.82, 2.24) is 5.32 Å². The molecular formula is C16H29NO4. The van der Waals surface area contributed by atoms with Gasteiger partial charge in [-0.2, -0.15) is 0 Å². The quantitative estimate of drug-likeness (QED) is 0.360. The average Bonchev–Trinajstić information content (AvgIpc) is 2.44. The molecule has 0 aliphatic carbocycles. The SMILES string of the molecule is C=CCC(NC(=O)OCC(C)C)C(=O)OCCCCCC. The Kier molecular flexibility index (Phi) is 11.4. The summed E-state index contributed by atoms with van der Waals surface area (Å²) in [6, 6.07) is -0.728. The molecule has 0 aliphatic rings. The number of ether oxygens (including phenoxy) is 2. The maximum absolute atomic E-state index is 11.9. The molecule has 1 unspecified atom stereocenters. The van der Waals surface area contributed by atoms with Crippen LogP contribution in [0.4, 0.5) is 4.79 Å². The molecule has 0 aliphatic heterocycles. The van der Waals surface area contributed by atoms with Crippen molar-refractivity contribution >= 4 is 12.1 Å². The lowest BCUT2D eigenvalue weighted by molar-refractivity contribution is -0.146. The third-order valence-corrected chi connectivity index (χ3v) is 2.77. The van der Waals surface area contributed by atoms with E-state index in [2.05, 4.69) is 18.8 Å². The van der Waals surface area contributed by atoms with E-state index in [1.54, 1.807) is 6.08 Å². The molecule has 0 heterocycles. The van der Waals surface area contributed by atoms with Crippen LogP contribution in [0, 0.1) is 5.92 Å². The Morgan fingerprint density at radius 1 is 1.19 bits per heavy atom. The van der Waals surface area contributed by atoms with E-state index in [4.69, 9.17) is 9.47 Å². The Hall–Kier alpha value is -1.52. The Balaban J connectivity index is 4.10. The van der Waals surface area contributed by atoms with Crippen LogP contribution in [-0.2, 0) is 14.3 Å². The second kappa shape index (κ2) is 12.2. The van der Waals surface area contributed by atoms with E-state index in [1.807, 2.05) is 13.8 Å². The van der Waals surface area contributed by atoms with Crippen molar-refractivity contribution in [3.05, 3.63) is 12.7 Å². The second-order valence-electron chi connectivity index (χ2n) is 5.44. The number of hydrogen-bond acceptors (Lipinski definition) is 4. The topological polar surface area (TPSA) is 64.6 Å². The molecule has 0 aromatic carbocycles. The lowest BCUT2D eigenvalue weighted by Crippen LogP contribution is -2.42. The van der Waals surface area contributed by atoms with Crippen LogP contribution >= 0.6 is 0 Å². The summed E-state index contributed by atoms with van der Waals surface area (Å²) in [6.07, 6.45) is 5.45. The first kappa shape index (κ1) is 19.5. The average molecular weight is 299 g/mol. The Morgan fingerprint density at radius 3 is 2.48 bits per heavy atom. The number of unbranched alkanes of at least 4 members (excludes halogenated alkanes) is 3. The van der Waals surface area contributed by atoms with Crippen LogP contribution in [0.5, 0.6) is 0 Å². The van der Waals surface area contributed by atoms with Crippen molar-refractivity contribution in [3.8, 4) is 0 Å². The first-order valence-electron chi connectivity index (χ1n) is 7.72. The summed E-state index contributed by atoms with van der Waals surface area (Å²) in [5.74, 6) is -0.188. The molecule has 0 aromatic rings. The number of rotatable bonds is 11. The fourth-order valence-corrected chi connectivity index (χ4v) is 1.61. The third-order valence-electron chi connectivity index (χ3n) is 2.77. The van der Waals surface area contributed by atoms with Crippen LogP contribution in [0.15, 0.2) is 12.7 Å². The van der Waals surface area contributed by atoms with E-state index in [0.717, 1.165) is 25.7 Å². The van der Waals surface area contributed by atoms with Crippen molar-refractivity contribution in [2.45, 2.75) is 58.9 Å². The highest BCUT2D eigenvalue weighted by Crippen LogP contribution is 2.03. The minimum Gasteiger partial charge on any atom is -0.464 e. The molecule has 0 saturated carbocycles. The standard InChI is InChI=1S/C16H29NO4/c1-5-7-8-9-11-20-15(18)14(10-6-2)17-16(19)21-12-13(3)4/h6,13-14H,2,5,7-12H2,1,3-4H3,(H,17,19). The van der Waals surface area contributed by atoms with E-state index in [-0.39, 0.29) is 5.92 Å². The number of carbonyl (C=O) groups is 2. The molecule has 5 heteroatoms. The predicted molar refractivity (Wildman–Crippen MR) is 83.0 cm³/mol. The Bertz CT molecular complexity index is 315. The summed E-state index contributed by atoms with van der Waals surface area (Å²) in [5.41, 5.74) is 0. The number of carbonyl (C=O) groups excluding carboxylic acids is 2. The highest BCUT2D eigenvalue weighted by Gasteiger charge is 2.21. The number of esters is 1. The predicted octanol–water partition coefficient (Wildman–Crippen LogP) is 3.44. The largest absolute Gasteiger partial charge is 0.464 e. The van der Waals surface area contributed by atoms with E-state index in [1.165, 1.54) is 0 Å². The molecule has 0 bridgehead atoms. The van der Waals surface area contributed by atoms with Crippen LogP contribution < -0.4 is 5.32 Å². The molecule has 0 rings (SSSR count). The van der Waals surface area contributed by atoms with Crippen molar-refractivity contribution < 1.29 is 19.1 Å². The molecule has 5 nitrogen and oxygen atoms in total. The van der Waals surface area contributed by atoms with Crippen molar-refractivity contribution in [3.63, 3.8) is 0 Å². The van der Waals surface area contributed by atoms with Gasteiger partial charge in [-0.1, -0.05) is 46.1 Å². The molecule has 122 valence electrons. The van der Waals surface area contributed by atoms with Crippen molar-refractivity contribution in [2.75, 3.05) is 13.2 Å². The maximum Gasteiger partial charge on any atom is 0.407 e. The van der Waals surface area contributed by atoms with Gasteiger partial charge in [0.25, 0.3) is 0 Å². The lowest BCUT2D eigenvalue weighted by atomic mass is 10.2. The van der Waals surface area contributed by atoms with Crippen molar-refractivity contribution in [1.29, 1.82) is 0 Å². The van der Waals surface area contributed by atoms with Crippen LogP contribution in [0.1, 0.15) is 52.9 Å². The summed E-state index contributed by atoms with van der Waals surface area (Å²) in [7, 11) is 0. The molecule has 0 saturated heterocycles. The smallest absolute Gasteiger partial charge is 0.407 e. The summed E-state index contributed by atoms with van der Waals surface area (Å²) in [5, 5.41) is 2.52. The first-order chi connectivity index (χ1) is 10.0. The summed E-state index contributed by atoms with van der Waals surface area (Å²) in [4.78, 5) is 23.5. The molecule has 1 N–H and O–H groups in total. The van der Waals surface area contributed by atoms with Gasteiger partial charge in [-0.25, -0.2) is 9.59 Å². The minimum absolute atomic E-state index is 0.249. The number of hydrogen-bond donors (Lipinski definition) is 1. The summed E-state index contributed by atoms with van der Waals surface area (Å²) < 4.78 is 10.2. The van der Waals surface area contributed by atoms with Gasteiger partial charge in [0.1, 0.15) is 6.04 Å². The Labute approximate surface area is 128 Å². The highest BCUT2D eigenvalue weighted by atomic mass is 16.6. The maximum atomic E-state index is 11.9. The number of amides is 1. The minimum atomic E-state index is -0.728. The number of nitrogens with one attached hydrogen (secondary N) is 1. The van der Waals surface area contributed by atoms with Crippen molar-refractivity contribution in [2.24, 2.45) is 5.92 Å². The highest BCUT2D eigenvalue weighted by molar-refractivity contribution is 5.81. The first-order valence-corrected chi connectivity index (χ1v) is 7.72. The zero-order valence-corrected chi connectivity index (χ0v) is 13.5. The zero-order chi connectivity index (χ0) is 16.1. The molecule has 0 spiro atoms. The number of alkyl carbamates (subject to hydrolysis) is 1. The molecular weight excluding hydrogens is 270 g/mol. The van der Waals surface area contributed by atoms with Gasteiger partial charge in [-0.3, -0.25) is 0 Å². The van der Waals surface area contributed by atoms with E-state index >= 15 is 0 Å². The van der Waals surface area contributed by atoms with E-state index in [9.17, 15) is 9.59 Å². The second-order valence-corrected chi connectivity index (χ2v) is 5.44. The van der Waals surface area contributed by atoms with Gasteiger partial charge >= 0.3 is 12.1 Å². The van der Waals surface area contributed by atoms with Gasteiger partial charge < -0.3 is 14.8 Å². The van der Waals surface area contributed by atoms with Gasteiger partial charge in [-0.05, 0) is 18.8 Å². The molecule has 0 aromatic heterocycles. The fourth-order valence-electron chi connectivity index (χ4n) is 1.61. The zero-order valence-electron chi connectivity index (χ0n) is 13.5. The van der Waals surface area contributed by atoms with Gasteiger partial charge in [-0.15, -0.1) is 6.58 Å². The van der Waals surface area contributed by atoms with Gasteiger partial charge in [0.05, 0.1) is 13.2 Å². The van der Waals surface area contributed by atoms with E-state index in [0.29, 0.717) is 19.6 Å². The van der Waals surface area contributed by atoms with Crippen LogP contribution in [0.25, 0.3) is 0 Å². The molecule has 0 fully saturated rings. The van der Waals surface area contributed by atoms with Gasteiger partial charge in [0.15, 0.2) is 0 Å². The Morgan fingerprint density at radius 2 is 1.90 bits per heavy atom. The molecule has 1 amide bonds. The fraction of sp³-hybridized carbons (Fsp3) is 0.750. The summed E-state index contributed by atoms with van der Waals surface area (Å²) >= 11 is 0. The van der Waals surface area contributed by atoms with Gasteiger partial charge in [0, 0.05) is 0 Å². The normalized spacial score (nSPS) is 11.8. The van der Waals surface area contributed by atoms with Gasteiger partial charge in [0.2, 0.25) is 0 Å². The molecule has 0 radical (unpaired) electrons. The monoisotopic (exact) mass is 299 g/mol. The van der Waals surface area contributed by atoms with Crippen LogP contribution in [0.3, 0.4) is 0 Å².